The summed E-state index contributed by atoms with van der Waals surface area (Å²) in [7, 11) is 1.25. The van der Waals surface area contributed by atoms with E-state index in [0.29, 0.717) is 0 Å². The van der Waals surface area contributed by atoms with Crippen LogP contribution in [-0.2, 0) is 19.1 Å². The highest BCUT2D eigenvalue weighted by Gasteiger charge is 2.34. The largest absolute Gasteiger partial charge is 0.468 e. The van der Waals surface area contributed by atoms with Crippen LogP contribution in [0.25, 0.3) is 0 Å². The molecule has 0 bridgehead atoms. The number of ether oxygens (including phenoxy) is 1. The third-order valence-corrected chi connectivity index (χ3v) is 2.66. The van der Waals surface area contributed by atoms with Gasteiger partial charge in [-0.2, -0.15) is 0 Å². The van der Waals surface area contributed by atoms with Gasteiger partial charge in [-0.1, -0.05) is 0 Å². The van der Waals surface area contributed by atoms with Crippen molar-refractivity contribution in [2.75, 3.05) is 13.7 Å². The number of methoxy groups -OCH3 is 1. The molecule has 0 aliphatic carbocycles. The van der Waals surface area contributed by atoms with Gasteiger partial charge in [0.2, 0.25) is 11.8 Å². The van der Waals surface area contributed by atoms with Gasteiger partial charge in [0.25, 0.3) is 0 Å². The Morgan fingerprint density at radius 1 is 1.44 bits per heavy atom. The SMILES string of the molecule is COC(=O)C(C)(N)CCN1C(=O)CCC1=O. The molecule has 1 fully saturated rings. The first-order valence-electron chi connectivity index (χ1n) is 5.09. The topological polar surface area (TPSA) is 89.7 Å². The Hall–Kier alpha value is -1.43. The van der Waals surface area contributed by atoms with Crippen LogP contribution in [0.4, 0.5) is 0 Å². The first-order valence-corrected chi connectivity index (χ1v) is 5.09. The molecule has 0 saturated carbocycles. The minimum absolute atomic E-state index is 0.166. The van der Waals surface area contributed by atoms with Gasteiger partial charge in [0.1, 0.15) is 5.54 Å². The van der Waals surface area contributed by atoms with Crippen molar-refractivity contribution in [3.63, 3.8) is 0 Å². The van der Waals surface area contributed by atoms with Gasteiger partial charge in [-0.25, -0.2) is 0 Å². The molecule has 0 aromatic rings. The van der Waals surface area contributed by atoms with Gasteiger partial charge in [-0.15, -0.1) is 0 Å². The fourth-order valence-electron chi connectivity index (χ4n) is 1.55. The highest BCUT2D eigenvalue weighted by atomic mass is 16.5. The zero-order chi connectivity index (χ0) is 12.3. The van der Waals surface area contributed by atoms with E-state index in [1.165, 1.54) is 14.0 Å². The number of carbonyl (C=O) groups excluding carboxylic acids is 3. The van der Waals surface area contributed by atoms with Gasteiger partial charge < -0.3 is 10.5 Å². The lowest BCUT2D eigenvalue weighted by molar-refractivity contribution is -0.148. The summed E-state index contributed by atoms with van der Waals surface area (Å²) in [6.07, 6.45) is 0.702. The monoisotopic (exact) mass is 228 g/mol. The number of hydrogen-bond acceptors (Lipinski definition) is 5. The van der Waals surface area contributed by atoms with Crippen molar-refractivity contribution in [3.8, 4) is 0 Å². The Balaban J connectivity index is 2.54. The molecule has 0 aromatic heterocycles. The van der Waals surface area contributed by atoms with Crippen molar-refractivity contribution in [2.45, 2.75) is 31.7 Å². The third kappa shape index (κ3) is 2.57. The van der Waals surface area contributed by atoms with Crippen LogP contribution in [-0.4, -0.2) is 41.9 Å². The van der Waals surface area contributed by atoms with Crippen molar-refractivity contribution in [1.82, 2.24) is 4.90 Å². The molecular formula is C10H16N2O4. The molecule has 16 heavy (non-hydrogen) atoms. The maximum absolute atomic E-state index is 11.3. The van der Waals surface area contributed by atoms with E-state index in [-0.39, 0.29) is 37.6 Å². The van der Waals surface area contributed by atoms with Gasteiger partial charge in [0.05, 0.1) is 7.11 Å². The maximum Gasteiger partial charge on any atom is 0.325 e. The molecule has 0 spiro atoms. The molecule has 1 aliphatic heterocycles. The van der Waals surface area contributed by atoms with Crippen LogP contribution in [0.5, 0.6) is 0 Å². The zero-order valence-corrected chi connectivity index (χ0v) is 9.49. The second-order valence-electron chi connectivity index (χ2n) is 4.10. The van der Waals surface area contributed by atoms with E-state index in [1.54, 1.807) is 0 Å². The van der Waals surface area contributed by atoms with Crippen LogP contribution in [0.15, 0.2) is 0 Å². The van der Waals surface area contributed by atoms with Gasteiger partial charge in [-0.05, 0) is 13.3 Å². The van der Waals surface area contributed by atoms with Gasteiger partial charge in [0.15, 0.2) is 0 Å². The summed E-state index contributed by atoms with van der Waals surface area (Å²) in [4.78, 5) is 35.0. The van der Waals surface area contributed by atoms with Crippen LogP contribution in [0.2, 0.25) is 0 Å². The van der Waals surface area contributed by atoms with Crippen LogP contribution in [0.3, 0.4) is 0 Å². The normalized spacial score (nSPS) is 19.8. The third-order valence-electron chi connectivity index (χ3n) is 2.66. The van der Waals surface area contributed by atoms with E-state index < -0.39 is 11.5 Å². The Morgan fingerprint density at radius 2 is 1.94 bits per heavy atom. The van der Waals surface area contributed by atoms with E-state index in [1.807, 2.05) is 0 Å². The summed E-state index contributed by atoms with van der Waals surface area (Å²) >= 11 is 0. The molecule has 2 amide bonds. The number of carbonyl (C=O) groups is 3. The smallest absolute Gasteiger partial charge is 0.325 e. The Morgan fingerprint density at radius 3 is 2.38 bits per heavy atom. The molecule has 0 radical (unpaired) electrons. The molecule has 6 nitrogen and oxygen atoms in total. The molecule has 1 heterocycles. The summed E-state index contributed by atoms with van der Waals surface area (Å²) in [5, 5.41) is 0. The average Bonchev–Trinajstić information content (AvgIpc) is 2.55. The summed E-state index contributed by atoms with van der Waals surface area (Å²) in [6, 6.07) is 0. The Kier molecular flexibility index (Phi) is 3.64. The van der Waals surface area contributed by atoms with E-state index in [0.717, 1.165) is 4.90 Å². The molecular weight excluding hydrogens is 212 g/mol. The molecule has 1 aliphatic rings. The predicted molar refractivity (Wildman–Crippen MR) is 55.2 cm³/mol. The van der Waals surface area contributed by atoms with Gasteiger partial charge in [-0.3, -0.25) is 19.3 Å². The number of likely N-dealkylation sites (tertiary alicyclic amines) is 1. The molecule has 90 valence electrons. The maximum atomic E-state index is 11.3. The minimum atomic E-state index is -1.17. The number of imide groups is 1. The van der Waals surface area contributed by atoms with Crippen LogP contribution in [0.1, 0.15) is 26.2 Å². The van der Waals surface area contributed by atoms with Crippen molar-refractivity contribution in [1.29, 1.82) is 0 Å². The van der Waals surface area contributed by atoms with Crippen LogP contribution >= 0.6 is 0 Å². The fraction of sp³-hybridized carbons (Fsp3) is 0.700. The van der Waals surface area contributed by atoms with Crippen LogP contribution < -0.4 is 5.73 Å². The number of esters is 1. The lowest BCUT2D eigenvalue weighted by Crippen LogP contribution is -2.48. The minimum Gasteiger partial charge on any atom is -0.468 e. The quantitative estimate of drug-likeness (QED) is 0.513. The van der Waals surface area contributed by atoms with E-state index in [2.05, 4.69) is 4.74 Å². The summed E-state index contributed by atoms with van der Waals surface area (Å²) in [6.45, 7) is 1.68. The molecule has 1 unspecified atom stereocenters. The van der Waals surface area contributed by atoms with E-state index >= 15 is 0 Å². The van der Waals surface area contributed by atoms with Crippen molar-refractivity contribution < 1.29 is 19.1 Å². The van der Waals surface area contributed by atoms with Crippen LogP contribution in [0, 0.1) is 0 Å². The highest BCUT2D eigenvalue weighted by Crippen LogP contribution is 2.15. The van der Waals surface area contributed by atoms with E-state index in [9.17, 15) is 14.4 Å². The lowest BCUT2D eigenvalue weighted by atomic mass is 9.99. The lowest BCUT2D eigenvalue weighted by Gasteiger charge is -2.23. The molecule has 0 aromatic carbocycles. The number of nitrogens with zero attached hydrogens (tertiary/aromatic N) is 1. The summed E-state index contributed by atoms with van der Waals surface area (Å²) < 4.78 is 4.53. The zero-order valence-electron chi connectivity index (χ0n) is 9.49. The van der Waals surface area contributed by atoms with Crippen molar-refractivity contribution in [2.24, 2.45) is 5.73 Å². The number of nitrogens with two attached hydrogens (primary N) is 1. The Bertz CT molecular complexity index is 309. The van der Waals surface area contributed by atoms with Gasteiger partial charge >= 0.3 is 5.97 Å². The standard InChI is InChI=1S/C10H16N2O4/c1-10(11,9(15)16-2)5-6-12-7(13)3-4-8(12)14/h3-6,11H2,1-2H3. The van der Waals surface area contributed by atoms with Gasteiger partial charge in [0, 0.05) is 19.4 Å². The molecule has 1 saturated heterocycles. The average molecular weight is 228 g/mol. The number of hydrogen-bond donors (Lipinski definition) is 1. The predicted octanol–water partition coefficient (Wildman–Crippen LogP) is -0.584. The fourth-order valence-corrected chi connectivity index (χ4v) is 1.55. The van der Waals surface area contributed by atoms with E-state index in [4.69, 9.17) is 5.73 Å². The number of rotatable bonds is 4. The second-order valence-corrected chi connectivity index (χ2v) is 4.10. The molecule has 2 N–H and O–H groups in total. The van der Waals surface area contributed by atoms with Crippen molar-refractivity contribution >= 4 is 17.8 Å². The summed E-state index contributed by atoms with van der Waals surface area (Å²) in [5.74, 6) is -0.956. The molecule has 1 atom stereocenters. The molecule has 6 heteroatoms. The van der Waals surface area contributed by atoms with Crippen molar-refractivity contribution in [3.05, 3.63) is 0 Å². The number of amides is 2. The first kappa shape index (κ1) is 12.6. The first-order chi connectivity index (χ1) is 7.38. The molecule has 1 rings (SSSR count). The Labute approximate surface area is 93.7 Å². The highest BCUT2D eigenvalue weighted by molar-refractivity contribution is 6.01. The second kappa shape index (κ2) is 4.61. The summed E-state index contributed by atoms with van der Waals surface area (Å²) in [5.41, 5.74) is 4.55.